The largest absolute Gasteiger partial charge is 0.336 e. The number of benzene rings is 1. The molecule has 0 spiro atoms. The maximum absolute atomic E-state index is 12.4. The summed E-state index contributed by atoms with van der Waals surface area (Å²) in [4.78, 5) is 16.7. The summed E-state index contributed by atoms with van der Waals surface area (Å²) in [5.41, 5.74) is 1.26. The second kappa shape index (κ2) is 5.61. The van der Waals surface area contributed by atoms with Crippen LogP contribution in [0.3, 0.4) is 0 Å². The van der Waals surface area contributed by atoms with Crippen LogP contribution < -0.4 is 5.32 Å². The van der Waals surface area contributed by atoms with Crippen LogP contribution in [0, 0.1) is 11.3 Å². The lowest BCUT2D eigenvalue weighted by Crippen LogP contribution is -2.62. The van der Waals surface area contributed by atoms with E-state index in [-0.39, 0.29) is 5.91 Å². The smallest absolute Gasteiger partial charge is 0.253 e. The number of nitriles is 1. The first-order chi connectivity index (χ1) is 9.78. The predicted molar refractivity (Wildman–Crippen MR) is 75.3 cm³/mol. The molecule has 2 saturated heterocycles. The highest BCUT2D eigenvalue weighted by Gasteiger charge is 2.29. The Morgan fingerprint density at radius 2 is 1.80 bits per heavy atom. The van der Waals surface area contributed by atoms with Gasteiger partial charge in [0.1, 0.15) is 0 Å². The molecule has 0 radical (unpaired) electrons. The van der Waals surface area contributed by atoms with Crippen LogP contribution in [0.4, 0.5) is 0 Å². The van der Waals surface area contributed by atoms with Crippen molar-refractivity contribution in [3.8, 4) is 6.07 Å². The zero-order valence-corrected chi connectivity index (χ0v) is 11.4. The standard InChI is InChI=1S/C15H18N4O/c16-9-12-1-3-13(4-2-12)15(20)19-7-5-18(6-8-19)14-10-17-11-14/h1-4,14,17H,5-8,10-11H2. The van der Waals surface area contributed by atoms with Crippen LogP contribution >= 0.6 is 0 Å². The minimum atomic E-state index is 0.0703. The summed E-state index contributed by atoms with van der Waals surface area (Å²) in [7, 11) is 0. The van der Waals surface area contributed by atoms with E-state index in [1.807, 2.05) is 4.90 Å². The maximum atomic E-state index is 12.4. The Hall–Kier alpha value is -1.90. The fraction of sp³-hybridized carbons (Fsp3) is 0.467. The Labute approximate surface area is 118 Å². The molecule has 2 aliphatic heterocycles. The van der Waals surface area contributed by atoms with Crippen LogP contribution in [0.15, 0.2) is 24.3 Å². The molecule has 1 aromatic rings. The maximum Gasteiger partial charge on any atom is 0.253 e. The van der Waals surface area contributed by atoms with E-state index in [1.54, 1.807) is 24.3 Å². The highest BCUT2D eigenvalue weighted by molar-refractivity contribution is 5.94. The molecular weight excluding hydrogens is 252 g/mol. The van der Waals surface area contributed by atoms with Crippen molar-refractivity contribution >= 4 is 5.91 Å². The number of piperazine rings is 1. The van der Waals surface area contributed by atoms with Crippen molar-refractivity contribution in [2.75, 3.05) is 39.3 Å². The zero-order valence-electron chi connectivity index (χ0n) is 11.4. The molecule has 1 N–H and O–H groups in total. The summed E-state index contributed by atoms with van der Waals surface area (Å²) >= 11 is 0. The number of hydrogen-bond donors (Lipinski definition) is 1. The lowest BCUT2D eigenvalue weighted by Gasteiger charge is -2.43. The van der Waals surface area contributed by atoms with Gasteiger partial charge in [0.15, 0.2) is 0 Å². The molecule has 0 atom stereocenters. The van der Waals surface area contributed by atoms with Gasteiger partial charge >= 0.3 is 0 Å². The van der Waals surface area contributed by atoms with Crippen molar-refractivity contribution in [1.82, 2.24) is 15.1 Å². The SMILES string of the molecule is N#Cc1ccc(C(=O)N2CCN(C3CNC3)CC2)cc1. The van der Waals surface area contributed by atoms with E-state index in [4.69, 9.17) is 5.26 Å². The van der Waals surface area contributed by atoms with Crippen molar-refractivity contribution < 1.29 is 4.79 Å². The molecule has 2 aliphatic rings. The lowest BCUT2D eigenvalue weighted by atomic mass is 10.1. The van der Waals surface area contributed by atoms with E-state index in [2.05, 4.69) is 16.3 Å². The van der Waals surface area contributed by atoms with E-state index in [0.717, 1.165) is 39.3 Å². The molecule has 104 valence electrons. The van der Waals surface area contributed by atoms with Crippen molar-refractivity contribution in [2.24, 2.45) is 0 Å². The molecule has 0 bridgehead atoms. The molecule has 20 heavy (non-hydrogen) atoms. The Kier molecular flexibility index (Phi) is 3.68. The highest BCUT2D eigenvalue weighted by atomic mass is 16.2. The Morgan fingerprint density at radius 1 is 1.15 bits per heavy atom. The molecule has 0 aliphatic carbocycles. The van der Waals surface area contributed by atoms with Gasteiger partial charge in [-0.05, 0) is 24.3 Å². The Bertz CT molecular complexity index is 522. The van der Waals surface area contributed by atoms with Gasteiger partial charge in [-0.2, -0.15) is 5.26 Å². The third kappa shape index (κ3) is 2.53. The average molecular weight is 270 g/mol. The number of rotatable bonds is 2. The van der Waals surface area contributed by atoms with Gasteiger partial charge in [-0.15, -0.1) is 0 Å². The number of nitrogens with one attached hydrogen (secondary N) is 1. The first kappa shape index (κ1) is 13.1. The highest BCUT2D eigenvalue weighted by Crippen LogP contribution is 2.13. The minimum Gasteiger partial charge on any atom is -0.336 e. The fourth-order valence-electron chi connectivity index (χ4n) is 2.69. The van der Waals surface area contributed by atoms with Crippen molar-refractivity contribution in [2.45, 2.75) is 6.04 Å². The summed E-state index contributed by atoms with van der Waals surface area (Å²) in [6.45, 7) is 5.63. The molecule has 2 heterocycles. The topological polar surface area (TPSA) is 59.4 Å². The fourth-order valence-corrected chi connectivity index (χ4v) is 2.69. The summed E-state index contributed by atoms with van der Waals surface area (Å²) < 4.78 is 0. The van der Waals surface area contributed by atoms with Gasteiger partial charge in [0, 0.05) is 50.9 Å². The van der Waals surface area contributed by atoms with Gasteiger partial charge in [-0.3, -0.25) is 9.69 Å². The van der Waals surface area contributed by atoms with E-state index in [9.17, 15) is 4.79 Å². The Balaban J connectivity index is 1.59. The molecule has 1 amide bonds. The molecule has 0 aromatic heterocycles. The second-order valence-electron chi connectivity index (χ2n) is 5.33. The number of hydrogen-bond acceptors (Lipinski definition) is 4. The summed E-state index contributed by atoms with van der Waals surface area (Å²) in [5, 5.41) is 12.1. The molecule has 1 aromatic carbocycles. The van der Waals surface area contributed by atoms with E-state index >= 15 is 0 Å². The third-order valence-electron chi connectivity index (χ3n) is 4.14. The van der Waals surface area contributed by atoms with E-state index in [1.165, 1.54) is 0 Å². The lowest BCUT2D eigenvalue weighted by molar-refractivity contribution is 0.0502. The second-order valence-corrected chi connectivity index (χ2v) is 5.33. The quantitative estimate of drug-likeness (QED) is 0.839. The van der Waals surface area contributed by atoms with Crippen LogP contribution in [0.2, 0.25) is 0 Å². The van der Waals surface area contributed by atoms with Crippen LogP contribution in [-0.2, 0) is 0 Å². The summed E-state index contributed by atoms with van der Waals surface area (Å²) in [6.07, 6.45) is 0. The van der Waals surface area contributed by atoms with Crippen molar-refractivity contribution in [1.29, 1.82) is 5.26 Å². The molecule has 2 fully saturated rings. The predicted octanol–water partition coefficient (Wildman–Crippen LogP) is 0.288. The molecule has 3 rings (SSSR count). The van der Waals surface area contributed by atoms with Crippen LogP contribution in [0.5, 0.6) is 0 Å². The van der Waals surface area contributed by atoms with Crippen molar-refractivity contribution in [3.63, 3.8) is 0 Å². The number of amides is 1. The molecular formula is C15H18N4O. The van der Waals surface area contributed by atoms with Gasteiger partial charge in [0.2, 0.25) is 0 Å². The Morgan fingerprint density at radius 3 is 2.30 bits per heavy atom. The number of carbonyl (C=O) groups excluding carboxylic acids is 1. The summed E-state index contributed by atoms with van der Waals surface area (Å²) in [5.74, 6) is 0.0703. The molecule has 0 unspecified atom stereocenters. The molecule has 0 saturated carbocycles. The van der Waals surface area contributed by atoms with Crippen LogP contribution in [0.25, 0.3) is 0 Å². The van der Waals surface area contributed by atoms with Crippen LogP contribution in [-0.4, -0.2) is 61.0 Å². The van der Waals surface area contributed by atoms with Gasteiger partial charge in [0.05, 0.1) is 11.6 Å². The van der Waals surface area contributed by atoms with E-state index < -0.39 is 0 Å². The normalized spacial score (nSPS) is 20.2. The average Bonchev–Trinajstić information content (AvgIpc) is 2.46. The molecule has 5 heteroatoms. The zero-order chi connectivity index (χ0) is 13.9. The third-order valence-corrected chi connectivity index (χ3v) is 4.14. The number of nitrogens with zero attached hydrogens (tertiary/aromatic N) is 3. The van der Waals surface area contributed by atoms with E-state index in [0.29, 0.717) is 17.2 Å². The van der Waals surface area contributed by atoms with Gasteiger partial charge < -0.3 is 10.2 Å². The first-order valence-electron chi connectivity index (χ1n) is 7.02. The van der Waals surface area contributed by atoms with Gasteiger partial charge in [-0.1, -0.05) is 0 Å². The summed E-state index contributed by atoms with van der Waals surface area (Å²) in [6, 6.07) is 9.60. The first-order valence-corrected chi connectivity index (χ1v) is 7.02. The van der Waals surface area contributed by atoms with Gasteiger partial charge in [-0.25, -0.2) is 0 Å². The monoisotopic (exact) mass is 270 g/mol. The molecule has 5 nitrogen and oxygen atoms in total. The van der Waals surface area contributed by atoms with Crippen LogP contribution in [0.1, 0.15) is 15.9 Å². The minimum absolute atomic E-state index is 0.0703. The van der Waals surface area contributed by atoms with Crippen molar-refractivity contribution in [3.05, 3.63) is 35.4 Å². The van der Waals surface area contributed by atoms with Gasteiger partial charge in [0.25, 0.3) is 5.91 Å². The number of carbonyl (C=O) groups is 1.